The van der Waals surface area contributed by atoms with Gasteiger partial charge in [0.1, 0.15) is 6.07 Å². The van der Waals surface area contributed by atoms with E-state index >= 15 is 0 Å². The first-order chi connectivity index (χ1) is 8.85. The van der Waals surface area contributed by atoms with E-state index in [1.807, 2.05) is 12.3 Å². The number of fused-ring (bicyclic) bond motifs is 2. The van der Waals surface area contributed by atoms with E-state index in [-0.39, 0.29) is 12.3 Å². The summed E-state index contributed by atoms with van der Waals surface area (Å²) in [6.45, 7) is 3.74. The summed E-state index contributed by atoms with van der Waals surface area (Å²) in [5.74, 6) is 1.77. The monoisotopic (exact) mass is 246 g/mol. The predicted octanol–water partition coefficient (Wildman–Crippen LogP) is 1.00. The van der Waals surface area contributed by atoms with Crippen LogP contribution >= 0.6 is 0 Å². The van der Waals surface area contributed by atoms with Crippen LogP contribution < -0.4 is 0 Å². The Hall–Kier alpha value is -1.87. The van der Waals surface area contributed by atoms with E-state index in [0.717, 1.165) is 12.5 Å². The molecule has 18 heavy (non-hydrogen) atoms. The number of hydrogen-bond donors (Lipinski definition) is 0. The van der Waals surface area contributed by atoms with Crippen molar-refractivity contribution in [2.75, 3.05) is 19.6 Å². The molecule has 0 spiro atoms. The molecule has 2 saturated heterocycles. The average Bonchev–Trinajstić information content (AvgIpc) is 3.10. The van der Waals surface area contributed by atoms with Crippen molar-refractivity contribution in [1.82, 2.24) is 10.1 Å². The quantitative estimate of drug-likeness (QED) is 0.585. The molecule has 0 aliphatic carbocycles. The van der Waals surface area contributed by atoms with Crippen LogP contribution in [0.3, 0.4) is 0 Å². The minimum absolute atomic E-state index is 0.215. The van der Waals surface area contributed by atoms with Crippen LogP contribution in [-0.4, -0.2) is 35.9 Å². The normalized spacial score (nSPS) is 29.8. The van der Waals surface area contributed by atoms with Gasteiger partial charge in [-0.2, -0.15) is 5.26 Å². The van der Waals surface area contributed by atoms with Gasteiger partial charge in [-0.3, -0.25) is 0 Å². The molecule has 3 unspecified atom stereocenters. The molecule has 6 heteroatoms. The maximum atomic E-state index is 8.58. The van der Waals surface area contributed by atoms with Crippen LogP contribution in [0.4, 0.5) is 0 Å². The van der Waals surface area contributed by atoms with Gasteiger partial charge in [-0.05, 0) is 18.9 Å². The van der Waals surface area contributed by atoms with E-state index in [2.05, 4.69) is 15.2 Å². The van der Waals surface area contributed by atoms with Gasteiger partial charge in [-0.15, -0.1) is 0 Å². The number of piperidine rings is 1. The Labute approximate surface area is 105 Å². The Kier molecular flexibility index (Phi) is 2.99. The number of rotatable bonds is 4. The Morgan fingerprint density at radius 2 is 2.61 bits per heavy atom. The third kappa shape index (κ3) is 2.22. The van der Waals surface area contributed by atoms with Crippen molar-refractivity contribution in [3.05, 3.63) is 17.5 Å². The zero-order chi connectivity index (χ0) is 12.4. The van der Waals surface area contributed by atoms with Gasteiger partial charge in [-0.1, -0.05) is 10.3 Å². The standard InChI is InChI=1S/C12H14N4O2/c13-4-11-3-12(18-15-11)8-17-14-5-10-7-16-2-1-9(10)6-16/h3,5,9-10H,1-2,6-8H2. The van der Waals surface area contributed by atoms with Gasteiger partial charge in [0.05, 0.1) is 0 Å². The minimum Gasteiger partial charge on any atom is -0.388 e. The molecule has 3 rings (SSSR count). The Morgan fingerprint density at radius 3 is 3.28 bits per heavy atom. The van der Waals surface area contributed by atoms with Crippen LogP contribution in [0.2, 0.25) is 0 Å². The maximum Gasteiger partial charge on any atom is 0.183 e. The molecule has 0 aromatic carbocycles. The summed E-state index contributed by atoms with van der Waals surface area (Å²) in [7, 11) is 0. The average molecular weight is 246 g/mol. The maximum absolute atomic E-state index is 8.58. The van der Waals surface area contributed by atoms with E-state index in [9.17, 15) is 0 Å². The lowest BCUT2D eigenvalue weighted by atomic mass is 9.94. The summed E-state index contributed by atoms with van der Waals surface area (Å²) in [5.41, 5.74) is 0.262. The third-order valence-corrected chi connectivity index (χ3v) is 3.59. The lowest BCUT2D eigenvalue weighted by Crippen LogP contribution is -2.24. The fraction of sp³-hybridized carbons (Fsp3) is 0.583. The van der Waals surface area contributed by atoms with E-state index < -0.39 is 0 Å². The molecular formula is C12H14N4O2. The first kappa shape index (κ1) is 11.2. The van der Waals surface area contributed by atoms with Crippen LogP contribution in [0.5, 0.6) is 0 Å². The molecule has 6 nitrogen and oxygen atoms in total. The van der Waals surface area contributed by atoms with E-state index in [0.29, 0.717) is 11.7 Å². The van der Waals surface area contributed by atoms with Crippen LogP contribution in [0.25, 0.3) is 0 Å². The van der Waals surface area contributed by atoms with E-state index in [4.69, 9.17) is 14.6 Å². The minimum atomic E-state index is 0.215. The summed E-state index contributed by atoms with van der Waals surface area (Å²) in [5, 5.41) is 16.1. The molecule has 3 atom stereocenters. The highest BCUT2D eigenvalue weighted by molar-refractivity contribution is 5.61. The SMILES string of the molecule is N#Cc1cc(CON=CC2CN3CCC2C3)on1. The third-order valence-electron chi connectivity index (χ3n) is 3.59. The zero-order valence-electron chi connectivity index (χ0n) is 9.95. The topological polar surface area (TPSA) is 74.7 Å². The number of oxime groups is 1. The molecule has 0 N–H and O–H groups in total. The summed E-state index contributed by atoms with van der Waals surface area (Å²) >= 11 is 0. The molecule has 94 valence electrons. The molecule has 1 aromatic heterocycles. The summed E-state index contributed by atoms with van der Waals surface area (Å²) in [6, 6.07) is 3.45. The van der Waals surface area contributed by atoms with Gasteiger partial charge in [0.15, 0.2) is 18.1 Å². The Bertz CT molecular complexity index is 491. The second-order valence-electron chi connectivity index (χ2n) is 4.79. The van der Waals surface area contributed by atoms with Gasteiger partial charge >= 0.3 is 0 Å². The van der Waals surface area contributed by atoms with Crippen molar-refractivity contribution >= 4 is 6.21 Å². The zero-order valence-corrected chi connectivity index (χ0v) is 9.95. The summed E-state index contributed by atoms with van der Waals surface area (Å²) in [6.07, 6.45) is 3.16. The first-order valence-corrected chi connectivity index (χ1v) is 6.08. The lowest BCUT2D eigenvalue weighted by molar-refractivity contribution is 0.108. The highest BCUT2D eigenvalue weighted by Gasteiger charge is 2.36. The molecule has 0 amide bonds. The number of aromatic nitrogens is 1. The van der Waals surface area contributed by atoms with Crippen LogP contribution in [0.15, 0.2) is 15.7 Å². The van der Waals surface area contributed by atoms with Gasteiger partial charge in [-0.25, -0.2) is 0 Å². The largest absolute Gasteiger partial charge is 0.388 e. The number of nitriles is 1. The molecule has 0 saturated carbocycles. The fourth-order valence-corrected chi connectivity index (χ4v) is 2.65. The van der Waals surface area contributed by atoms with Crippen molar-refractivity contribution in [2.45, 2.75) is 13.0 Å². The number of hydrogen-bond acceptors (Lipinski definition) is 6. The van der Waals surface area contributed by atoms with E-state index in [1.165, 1.54) is 19.5 Å². The van der Waals surface area contributed by atoms with E-state index in [1.54, 1.807) is 6.07 Å². The van der Waals surface area contributed by atoms with Crippen molar-refractivity contribution < 1.29 is 9.36 Å². The summed E-state index contributed by atoms with van der Waals surface area (Å²) in [4.78, 5) is 7.61. The van der Waals surface area contributed by atoms with Crippen molar-refractivity contribution in [2.24, 2.45) is 17.0 Å². The molecule has 2 aliphatic heterocycles. The smallest absolute Gasteiger partial charge is 0.183 e. The molecular weight excluding hydrogens is 232 g/mol. The highest BCUT2D eigenvalue weighted by Crippen LogP contribution is 2.31. The van der Waals surface area contributed by atoms with Crippen molar-refractivity contribution in [1.29, 1.82) is 5.26 Å². The van der Waals surface area contributed by atoms with Gasteiger partial charge in [0.2, 0.25) is 0 Å². The van der Waals surface area contributed by atoms with Gasteiger partial charge in [0.25, 0.3) is 0 Å². The van der Waals surface area contributed by atoms with Crippen LogP contribution in [0, 0.1) is 23.2 Å². The number of nitrogens with zero attached hydrogens (tertiary/aromatic N) is 4. The Morgan fingerprint density at radius 1 is 1.67 bits per heavy atom. The molecule has 2 aliphatic rings. The second kappa shape index (κ2) is 4.78. The Balaban J connectivity index is 1.46. The van der Waals surface area contributed by atoms with Crippen LogP contribution in [-0.2, 0) is 11.4 Å². The lowest BCUT2D eigenvalue weighted by Gasteiger charge is -2.17. The van der Waals surface area contributed by atoms with Crippen molar-refractivity contribution in [3.8, 4) is 6.07 Å². The molecule has 2 fully saturated rings. The molecule has 1 aromatic rings. The molecule has 2 bridgehead atoms. The molecule has 3 heterocycles. The first-order valence-electron chi connectivity index (χ1n) is 6.08. The molecule has 0 radical (unpaired) electrons. The van der Waals surface area contributed by atoms with Crippen molar-refractivity contribution in [3.63, 3.8) is 0 Å². The fourth-order valence-electron chi connectivity index (χ4n) is 2.65. The van der Waals surface area contributed by atoms with Gasteiger partial charge < -0.3 is 14.3 Å². The predicted molar refractivity (Wildman–Crippen MR) is 62.5 cm³/mol. The highest BCUT2D eigenvalue weighted by atomic mass is 16.6. The summed E-state index contributed by atoms with van der Waals surface area (Å²) < 4.78 is 4.90. The second-order valence-corrected chi connectivity index (χ2v) is 4.79. The van der Waals surface area contributed by atoms with Crippen LogP contribution in [0.1, 0.15) is 17.9 Å². The van der Waals surface area contributed by atoms with Gasteiger partial charge in [0, 0.05) is 31.3 Å².